The molecule has 426 valence electrons. The molecule has 0 aliphatic heterocycles. The second-order valence-corrected chi connectivity index (χ2v) is 25.4. The minimum Gasteiger partial charge on any atom is -0.508 e. The van der Waals surface area contributed by atoms with Crippen LogP contribution >= 0.6 is 24.0 Å². The number of aromatic nitrogens is 2. The summed E-state index contributed by atoms with van der Waals surface area (Å²) >= 11 is 6.52. The lowest BCUT2D eigenvalue weighted by Crippen LogP contribution is -2.29. The summed E-state index contributed by atoms with van der Waals surface area (Å²) in [5.74, 6) is 1.28. The van der Waals surface area contributed by atoms with Crippen LogP contribution in [-0.2, 0) is 25.8 Å². The molecule has 12 heteroatoms. The van der Waals surface area contributed by atoms with Crippen LogP contribution in [-0.4, -0.2) is 67.1 Å². The lowest BCUT2D eigenvalue weighted by Gasteiger charge is -2.32. The second-order valence-electron chi connectivity index (χ2n) is 23.4. The third kappa shape index (κ3) is 29.8. The largest absolute Gasteiger partial charge is 0.508 e. The molecule has 0 spiro atoms. The predicted molar refractivity (Wildman–Crippen MR) is 322 cm³/mol. The lowest BCUT2D eigenvalue weighted by atomic mass is 9.79. The van der Waals surface area contributed by atoms with E-state index in [9.17, 15) is 24.9 Å². The summed E-state index contributed by atoms with van der Waals surface area (Å²) in [4.78, 5) is 28.8. The Bertz CT molecular complexity index is 2130. The zero-order chi connectivity index (χ0) is 56.5. The molecule has 0 radical (unpaired) electrons. The third-order valence-electron chi connectivity index (χ3n) is 13.5. The zero-order valence-corrected chi connectivity index (χ0v) is 50.7. The number of aromatic hydroxyl groups is 2. The van der Waals surface area contributed by atoms with Crippen LogP contribution in [0.4, 0.5) is 0 Å². The van der Waals surface area contributed by atoms with Gasteiger partial charge in [-0.3, -0.25) is 9.59 Å². The average Bonchev–Trinajstić information content (AvgIpc) is 3.72. The van der Waals surface area contributed by atoms with Gasteiger partial charge in [0.1, 0.15) is 23.0 Å². The van der Waals surface area contributed by atoms with Gasteiger partial charge >= 0.3 is 11.9 Å². The van der Waals surface area contributed by atoms with E-state index in [0.717, 1.165) is 77.7 Å². The van der Waals surface area contributed by atoms with Crippen LogP contribution in [0, 0.1) is 4.77 Å². The fourth-order valence-electron chi connectivity index (χ4n) is 9.09. The van der Waals surface area contributed by atoms with E-state index in [2.05, 4.69) is 86.1 Å². The smallest absolute Gasteiger partial charge is 0.304 e. The van der Waals surface area contributed by atoms with Crippen LogP contribution < -0.4 is 9.47 Å². The van der Waals surface area contributed by atoms with E-state index in [0.29, 0.717) is 22.0 Å². The van der Waals surface area contributed by atoms with Gasteiger partial charge in [-0.25, -0.2) is 0 Å². The van der Waals surface area contributed by atoms with Crippen molar-refractivity contribution >= 4 is 47.0 Å². The Labute approximate surface area is 464 Å². The van der Waals surface area contributed by atoms with Gasteiger partial charge in [0, 0.05) is 27.2 Å². The zero-order valence-electron chi connectivity index (χ0n) is 49.1. The summed E-state index contributed by atoms with van der Waals surface area (Å²) in [5, 5.41) is 38.8. The Morgan fingerprint density at radius 1 is 0.533 bits per heavy atom. The summed E-state index contributed by atoms with van der Waals surface area (Å²) in [6, 6.07) is 17.1. The molecular formula is C63H104N2O8S2. The molecule has 10 nitrogen and oxygen atoms in total. The van der Waals surface area contributed by atoms with Gasteiger partial charge in [0.15, 0.2) is 4.77 Å². The number of imidazole rings is 1. The standard InChI is InChI=1S/C30H58O4S.C15H24O2.C11H16O2.C7H6N2S/c1-3-5-7-9-11-13-15-17-19-21-24-30(27-29(33)34,35-26-23-28(31)32)25-22-20-18-16-14-12-10-8-6-4-2;1-14(2,3)11-8-10(17-7)9-12(13(11)16)15(4,5)6;1-11(2,3)9-7-8(13-4)5-6-10(9)12;10-7-8-5-3-1-2-4-6(5)9-7/h3-27H2,1-2H3,(H,31,32)(H,33,34);8-9,16H,1-7H3;5-7,12H,1-4H3;1-4H,(H2,8,9,10). The molecule has 0 unspecified atom stereocenters. The summed E-state index contributed by atoms with van der Waals surface area (Å²) in [5.41, 5.74) is 4.64. The number of thioether (sulfide) groups is 1. The Morgan fingerprint density at radius 3 is 1.25 bits per heavy atom. The highest BCUT2D eigenvalue weighted by Crippen LogP contribution is 2.42. The molecule has 4 rings (SSSR count). The first-order valence-electron chi connectivity index (χ1n) is 28.4. The van der Waals surface area contributed by atoms with E-state index in [4.69, 9.17) is 26.8 Å². The van der Waals surface area contributed by atoms with Crippen LogP contribution in [0.3, 0.4) is 0 Å². The van der Waals surface area contributed by atoms with Gasteiger partial charge < -0.3 is 39.9 Å². The highest BCUT2D eigenvalue weighted by Gasteiger charge is 2.33. The van der Waals surface area contributed by atoms with Crippen molar-refractivity contribution in [1.29, 1.82) is 0 Å². The lowest BCUT2D eigenvalue weighted by molar-refractivity contribution is -0.138. The monoisotopic (exact) mass is 1080 g/mol. The topological polar surface area (TPSA) is 165 Å². The number of aliphatic carboxylic acids is 2. The Hall–Kier alpha value is -4.16. The molecular weight excluding hydrogens is 977 g/mol. The number of aromatic amines is 2. The van der Waals surface area contributed by atoms with Gasteiger partial charge in [-0.15, -0.1) is 0 Å². The van der Waals surface area contributed by atoms with Crippen molar-refractivity contribution in [2.75, 3.05) is 20.0 Å². The van der Waals surface area contributed by atoms with Crippen molar-refractivity contribution in [1.82, 2.24) is 9.97 Å². The number of hydrogen-bond donors (Lipinski definition) is 6. The molecule has 75 heavy (non-hydrogen) atoms. The van der Waals surface area contributed by atoms with Crippen LogP contribution in [0.15, 0.2) is 54.6 Å². The maximum absolute atomic E-state index is 11.7. The molecule has 0 amide bonds. The van der Waals surface area contributed by atoms with Gasteiger partial charge in [-0.1, -0.05) is 217 Å². The van der Waals surface area contributed by atoms with Crippen molar-refractivity contribution in [3.63, 3.8) is 0 Å². The summed E-state index contributed by atoms with van der Waals surface area (Å²) < 4.78 is 10.8. The molecule has 0 saturated heterocycles. The quantitative estimate of drug-likeness (QED) is 0.0219. The third-order valence-corrected chi connectivity index (χ3v) is 15.3. The molecule has 4 aromatic rings. The average molecular weight is 1080 g/mol. The minimum atomic E-state index is -0.792. The number of H-pyrrole nitrogens is 2. The number of phenols is 2. The van der Waals surface area contributed by atoms with Crippen molar-refractivity contribution in [3.05, 3.63) is 76.1 Å². The van der Waals surface area contributed by atoms with Crippen molar-refractivity contribution in [2.45, 2.75) is 251 Å². The number of carboxylic acid groups (broad SMARTS) is 2. The molecule has 0 fully saturated rings. The minimum absolute atomic E-state index is 0.0569. The maximum atomic E-state index is 11.7. The van der Waals surface area contributed by atoms with Gasteiger partial charge in [0.25, 0.3) is 0 Å². The fourth-order valence-corrected chi connectivity index (χ4v) is 10.8. The second kappa shape index (κ2) is 36.8. The van der Waals surface area contributed by atoms with Crippen LogP contribution in [0.25, 0.3) is 11.0 Å². The Balaban J connectivity index is 0.000000571. The van der Waals surface area contributed by atoms with Crippen LogP contribution in [0.1, 0.15) is 247 Å². The number of rotatable bonds is 30. The normalized spacial score (nSPS) is 11.7. The van der Waals surface area contributed by atoms with E-state index in [1.807, 2.05) is 42.5 Å². The Morgan fingerprint density at radius 2 is 0.907 bits per heavy atom. The number of methoxy groups -OCH3 is 2. The highest BCUT2D eigenvalue weighted by molar-refractivity contribution is 8.00. The van der Waals surface area contributed by atoms with Gasteiger partial charge in [-0.2, -0.15) is 11.8 Å². The van der Waals surface area contributed by atoms with Gasteiger partial charge in [0.2, 0.25) is 0 Å². The van der Waals surface area contributed by atoms with E-state index in [1.165, 1.54) is 103 Å². The SMILES string of the molecule is CCCCCCCCCCCCC(CCCCCCCCCCCC)(CC(=O)O)SCCC(=O)O.COc1cc(C(C)(C)C)c(O)c(C(C)(C)C)c1.COc1ccc(O)c(C(C)(C)C)c1.S=c1[nH]c2ccccc2[nH]1. The number of nitrogens with one attached hydrogen (secondary N) is 2. The Kier molecular flexibility index (Phi) is 33.8. The number of fused-ring (bicyclic) bond motifs is 1. The number of benzene rings is 3. The molecule has 1 heterocycles. The number of para-hydroxylation sites is 2. The van der Waals surface area contributed by atoms with E-state index in [1.54, 1.807) is 38.1 Å². The highest BCUT2D eigenvalue weighted by atomic mass is 32.2. The van der Waals surface area contributed by atoms with Crippen LogP contribution in [0.5, 0.6) is 23.0 Å². The number of phenolic OH excluding ortho intramolecular Hbond substituents is 2. The number of hydrogen-bond acceptors (Lipinski definition) is 8. The summed E-state index contributed by atoms with van der Waals surface area (Å²) in [6.45, 7) is 23.2. The molecule has 6 N–H and O–H groups in total. The van der Waals surface area contributed by atoms with E-state index >= 15 is 0 Å². The first-order valence-corrected chi connectivity index (χ1v) is 29.8. The molecule has 0 aliphatic carbocycles. The number of carboxylic acids is 2. The fraction of sp³-hybridized carbons (Fsp3) is 0.667. The first-order chi connectivity index (χ1) is 35.3. The summed E-state index contributed by atoms with van der Waals surface area (Å²) in [6.07, 6.45) is 27.6. The molecule has 0 atom stereocenters. The van der Waals surface area contributed by atoms with E-state index < -0.39 is 11.9 Å². The first kappa shape index (κ1) is 68.9. The molecule has 1 aromatic heterocycles. The van der Waals surface area contributed by atoms with Crippen molar-refractivity contribution in [2.24, 2.45) is 0 Å². The number of carbonyl (C=O) groups is 2. The van der Waals surface area contributed by atoms with Crippen molar-refractivity contribution < 1.29 is 39.5 Å². The molecule has 3 aromatic carbocycles. The van der Waals surface area contributed by atoms with Gasteiger partial charge in [0.05, 0.1) is 38.1 Å². The van der Waals surface area contributed by atoms with Gasteiger partial charge in [-0.05, 0) is 83.8 Å². The predicted octanol–water partition coefficient (Wildman–Crippen LogP) is 18.9. The van der Waals surface area contributed by atoms with E-state index in [-0.39, 0.29) is 33.8 Å². The van der Waals surface area contributed by atoms with Crippen LogP contribution in [0.2, 0.25) is 0 Å². The van der Waals surface area contributed by atoms with Crippen molar-refractivity contribution in [3.8, 4) is 23.0 Å². The molecule has 0 aliphatic rings. The number of ether oxygens (including phenoxy) is 2. The number of unbranched alkanes of at least 4 members (excludes halogenated alkanes) is 18. The summed E-state index contributed by atoms with van der Waals surface area (Å²) in [7, 11) is 3.28. The molecule has 0 bridgehead atoms. The maximum Gasteiger partial charge on any atom is 0.304 e. The molecule has 0 saturated carbocycles.